The van der Waals surface area contributed by atoms with Gasteiger partial charge in [-0.2, -0.15) is 0 Å². The van der Waals surface area contributed by atoms with Crippen LogP contribution in [0.4, 0.5) is 0 Å². The van der Waals surface area contributed by atoms with Gasteiger partial charge in [-0.15, -0.1) is 0 Å². The van der Waals surface area contributed by atoms with E-state index in [1.54, 1.807) is 6.07 Å². The van der Waals surface area contributed by atoms with Gasteiger partial charge in [-0.3, -0.25) is 9.69 Å². The van der Waals surface area contributed by atoms with E-state index >= 15 is 0 Å². The molecule has 2 rings (SSSR count). The van der Waals surface area contributed by atoms with Gasteiger partial charge in [0.05, 0.1) is 0 Å². The first-order valence-corrected chi connectivity index (χ1v) is 5.46. The Labute approximate surface area is 89.3 Å². The third-order valence-electron chi connectivity index (χ3n) is 2.66. The zero-order chi connectivity index (χ0) is 10.5. The van der Waals surface area contributed by atoms with Gasteiger partial charge in [-0.05, 0) is 25.6 Å². The standard InChI is InChI=1S/C11H17N3O/c15-11-4-1-3-10(13-11)9-14-7-2-5-12-6-8-14/h1,3-4,12H,2,5-9H2,(H,13,15). The number of aromatic nitrogens is 1. The molecule has 1 aromatic heterocycles. The molecule has 0 amide bonds. The molecule has 1 fully saturated rings. The highest BCUT2D eigenvalue weighted by Crippen LogP contribution is 2.01. The molecule has 15 heavy (non-hydrogen) atoms. The van der Waals surface area contributed by atoms with Crippen molar-refractivity contribution in [3.05, 3.63) is 34.2 Å². The van der Waals surface area contributed by atoms with Crippen molar-refractivity contribution in [2.45, 2.75) is 13.0 Å². The number of aromatic amines is 1. The summed E-state index contributed by atoms with van der Waals surface area (Å²) in [4.78, 5) is 16.3. The van der Waals surface area contributed by atoms with Gasteiger partial charge < -0.3 is 10.3 Å². The van der Waals surface area contributed by atoms with Crippen molar-refractivity contribution in [1.82, 2.24) is 15.2 Å². The highest BCUT2D eigenvalue weighted by Gasteiger charge is 2.08. The number of hydrogen-bond donors (Lipinski definition) is 2. The summed E-state index contributed by atoms with van der Waals surface area (Å²) in [5.74, 6) is 0. The Balaban J connectivity index is 1.98. The van der Waals surface area contributed by atoms with Crippen LogP contribution in [0.5, 0.6) is 0 Å². The topological polar surface area (TPSA) is 48.1 Å². The van der Waals surface area contributed by atoms with Crippen LogP contribution < -0.4 is 10.9 Å². The van der Waals surface area contributed by atoms with E-state index < -0.39 is 0 Å². The molecule has 0 spiro atoms. The summed E-state index contributed by atoms with van der Waals surface area (Å²) >= 11 is 0. The monoisotopic (exact) mass is 207 g/mol. The number of nitrogens with zero attached hydrogens (tertiary/aromatic N) is 1. The van der Waals surface area contributed by atoms with E-state index in [2.05, 4.69) is 15.2 Å². The van der Waals surface area contributed by atoms with Gasteiger partial charge in [-0.25, -0.2) is 0 Å². The van der Waals surface area contributed by atoms with Gasteiger partial charge in [0, 0.05) is 31.4 Å². The molecule has 1 saturated heterocycles. The molecule has 0 atom stereocenters. The summed E-state index contributed by atoms with van der Waals surface area (Å²) in [6, 6.07) is 5.33. The molecule has 2 heterocycles. The number of rotatable bonds is 2. The van der Waals surface area contributed by atoms with Crippen molar-refractivity contribution in [3.8, 4) is 0 Å². The molecule has 4 nitrogen and oxygen atoms in total. The van der Waals surface area contributed by atoms with E-state index in [4.69, 9.17) is 0 Å². The van der Waals surface area contributed by atoms with E-state index in [0.717, 1.165) is 38.4 Å². The van der Waals surface area contributed by atoms with Crippen LogP contribution in [-0.4, -0.2) is 36.1 Å². The molecule has 1 aromatic rings. The molecule has 0 saturated carbocycles. The fraction of sp³-hybridized carbons (Fsp3) is 0.545. The summed E-state index contributed by atoms with van der Waals surface area (Å²) in [5.41, 5.74) is 0.991. The Kier molecular flexibility index (Phi) is 3.53. The molecule has 82 valence electrons. The van der Waals surface area contributed by atoms with Crippen molar-refractivity contribution < 1.29 is 0 Å². The largest absolute Gasteiger partial charge is 0.325 e. The maximum Gasteiger partial charge on any atom is 0.248 e. The fourth-order valence-corrected chi connectivity index (χ4v) is 1.89. The van der Waals surface area contributed by atoms with Gasteiger partial charge >= 0.3 is 0 Å². The normalized spacial score (nSPS) is 18.7. The van der Waals surface area contributed by atoms with Crippen LogP contribution in [0.1, 0.15) is 12.1 Å². The lowest BCUT2D eigenvalue weighted by Gasteiger charge is -2.18. The second-order valence-corrected chi connectivity index (χ2v) is 3.92. The van der Waals surface area contributed by atoms with Crippen LogP contribution in [0.25, 0.3) is 0 Å². The third kappa shape index (κ3) is 3.18. The first-order valence-electron chi connectivity index (χ1n) is 5.46. The first kappa shape index (κ1) is 10.4. The smallest absolute Gasteiger partial charge is 0.248 e. The predicted molar refractivity (Wildman–Crippen MR) is 59.8 cm³/mol. The molecular weight excluding hydrogens is 190 g/mol. The second-order valence-electron chi connectivity index (χ2n) is 3.92. The molecule has 0 bridgehead atoms. The predicted octanol–water partition coefficient (Wildman–Crippen LogP) is 0.170. The number of nitrogens with one attached hydrogen (secondary N) is 2. The SMILES string of the molecule is O=c1cccc(CN2CCCNCC2)[nH]1. The van der Waals surface area contributed by atoms with Crippen LogP contribution in [0.3, 0.4) is 0 Å². The first-order chi connectivity index (χ1) is 7.34. The Morgan fingerprint density at radius 2 is 2.20 bits per heavy atom. The van der Waals surface area contributed by atoms with E-state index in [-0.39, 0.29) is 5.56 Å². The van der Waals surface area contributed by atoms with E-state index in [1.807, 2.05) is 12.1 Å². The highest BCUT2D eigenvalue weighted by atomic mass is 16.1. The van der Waals surface area contributed by atoms with Gasteiger partial charge in [0.25, 0.3) is 0 Å². The molecule has 0 aromatic carbocycles. The Morgan fingerprint density at radius 3 is 3.07 bits per heavy atom. The number of pyridine rings is 1. The van der Waals surface area contributed by atoms with Crippen molar-refractivity contribution in [1.29, 1.82) is 0 Å². The second kappa shape index (κ2) is 5.09. The van der Waals surface area contributed by atoms with Gasteiger partial charge in [0.15, 0.2) is 0 Å². The maximum absolute atomic E-state index is 11.1. The molecule has 2 N–H and O–H groups in total. The molecular formula is C11H17N3O. The van der Waals surface area contributed by atoms with Crippen LogP contribution in [0.2, 0.25) is 0 Å². The van der Waals surface area contributed by atoms with Crippen molar-refractivity contribution in [2.24, 2.45) is 0 Å². The van der Waals surface area contributed by atoms with Gasteiger partial charge in [0.1, 0.15) is 0 Å². The van der Waals surface area contributed by atoms with E-state index in [9.17, 15) is 4.79 Å². The van der Waals surface area contributed by atoms with E-state index in [0.29, 0.717) is 0 Å². The fourth-order valence-electron chi connectivity index (χ4n) is 1.89. The van der Waals surface area contributed by atoms with Crippen molar-refractivity contribution in [2.75, 3.05) is 26.2 Å². The summed E-state index contributed by atoms with van der Waals surface area (Å²) in [5, 5.41) is 3.36. The number of hydrogen-bond acceptors (Lipinski definition) is 3. The molecule has 1 aliphatic heterocycles. The quantitative estimate of drug-likeness (QED) is 0.727. The Morgan fingerprint density at radius 1 is 1.27 bits per heavy atom. The Bertz CT molecular complexity index is 353. The zero-order valence-corrected chi connectivity index (χ0v) is 8.83. The lowest BCUT2D eigenvalue weighted by atomic mass is 10.3. The lowest BCUT2D eigenvalue weighted by molar-refractivity contribution is 0.281. The van der Waals surface area contributed by atoms with Crippen LogP contribution >= 0.6 is 0 Å². The third-order valence-corrected chi connectivity index (χ3v) is 2.66. The minimum absolute atomic E-state index is 0.0135. The van der Waals surface area contributed by atoms with Crippen molar-refractivity contribution in [3.63, 3.8) is 0 Å². The van der Waals surface area contributed by atoms with Crippen LogP contribution in [-0.2, 0) is 6.54 Å². The molecule has 4 heteroatoms. The zero-order valence-electron chi connectivity index (χ0n) is 8.83. The minimum Gasteiger partial charge on any atom is -0.325 e. The average Bonchev–Trinajstić information content (AvgIpc) is 2.46. The average molecular weight is 207 g/mol. The van der Waals surface area contributed by atoms with Gasteiger partial charge in [-0.1, -0.05) is 6.07 Å². The molecule has 0 unspecified atom stereocenters. The minimum atomic E-state index is -0.0135. The summed E-state index contributed by atoms with van der Waals surface area (Å²) in [6.45, 7) is 5.14. The lowest BCUT2D eigenvalue weighted by Crippen LogP contribution is -2.28. The van der Waals surface area contributed by atoms with Crippen molar-refractivity contribution >= 4 is 0 Å². The molecule has 1 aliphatic rings. The van der Waals surface area contributed by atoms with Crippen LogP contribution in [0.15, 0.2) is 23.0 Å². The summed E-state index contributed by atoms with van der Waals surface area (Å²) in [6.07, 6.45) is 1.18. The van der Waals surface area contributed by atoms with Crippen LogP contribution in [0, 0.1) is 0 Å². The number of H-pyrrole nitrogens is 1. The van der Waals surface area contributed by atoms with E-state index in [1.165, 1.54) is 6.42 Å². The highest BCUT2D eigenvalue weighted by molar-refractivity contribution is 5.03. The van der Waals surface area contributed by atoms with Gasteiger partial charge in [0.2, 0.25) is 5.56 Å². The molecule has 0 aliphatic carbocycles. The maximum atomic E-state index is 11.1. The summed E-state index contributed by atoms with van der Waals surface area (Å²) in [7, 11) is 0. The summed E-state index contributed by atoms with van der Waals surface area (Å²) < 4.78 is 0. The Hall–Kier alpha value is -1.13. The molecule has 0 radical (unpaired) electrons.